The minimum absolute atomic E-state index is 0.0244. The van der Waals surface area contributed by atoms with Crippen LogP contribution >= 0.6 is 11.6 Å². The fraction of sp³-hybridized carbons (Fsp3) is 0.500. The van der Waals surface area contributed by atoms with Crippen LogP contribution in [0.5, 0.6) is 0 Å². The van der Waals surface area contributed by atoms with E-state index >= 15 is 0 Å². The number of carbonyl (C=O) groups excluding carboxylic acids is 1. The highest BCUT2D eigenvalue weighted by Crippen LogP contribution is 2.46. The Hall–Kier alpha value is -1.73. The molecule has 1 aromatic heterocycles. The third-order valence-electron chi connectivity index (χ3n) is 4.55. The number of alkyl halides is 3. The molecular weight excluding hydrogens is 371 g/mol. The van der Waals surface area contributed by atoms with Crippen molar-refractivity contribution in [3.8, 4) is 0 Å². The summed E-state index contributed by atoms with van der Waals surface area (Å²) < 4.78 is 51.9. The molecule has 1 unspecified atom stereocenters. The third kappa shape index (κ3) is 3.18. The van der Waals surface area contributed by atoms with Crippen molar-refractivity contribution >= 4 is 28.5 Å². The molecule has 0 spiro atoms. The lowest BCUT2D eigenvalue weighted by Crippen LogP contribution is -2.39. The molecule has 1 aliphatic heterocycles. The molecule has 26 heavy (non-hydrogen) atoms. The van der Waals surface area contributed by atoms with Crippen molar-refractivity contribution in [1.82, 2.24) is 4.98 Å². The fourth-order valence-electron chi connectivity index (χ4n) is 3.51. The Labute approximate surface area is 153 Å². The fourth-order valence-corrected chi connectivity index (χ4v) is 3.71. The highest BCUT2D eigenvalue weighted by atomic mass is 35.5. The smallest absolute Gasteiger partial charge is 0.417 e. The molecule has 1 atom stereocenters. The summed E-state index contributed by atoms with van der Waals surface area (Å²) in [5, 5.41) is 0.200. The molecule has 0 radical (unpaired) electrons. The Balaban J connectivity index is 2.29. The number of aromatic amines is 1. The zero-order chi connectivity index (χ0) is 19.1. The van der Waals surface area contributed by atoms with Crippen molar-refractivity contribution in [2.75, 3.05) is 6.61 Å². The van der Waals surface area contributed by atoms with Gasteiger partial charge in [-0.15, -0.1) is 0 Å². The molecule has 1 aliphatic rings. The molecule has 1 aromatic carbocycles. The summed E-state index contributed by atoms with van der Waals surface area (Å²) >= 11 is 6.15. The summed E-state index contributed by atoms with van der Waals surface area (Å²) in [7, 11) is 0. The Kier molecular flexibility index (Phi) is 4.96. The molecule has 0 fully saturated rings. The average Bonchev–Trinajstić information content (AvgIpc) is 2.94. The van der Waals surface area contributed by atoms with E-state index < -0.39 is 23.5 Å². The summed E-state index contributed by atoms with van der Waals surface area (Å²) in [6, 6.07) is 2.20. The molecule has 1 N–H and O–H groups in total. The normalized spacial score (nSPS) is 20.2. The zero-order valence-electron chi connectivity index (χ0n) is 14.4. The molecular formula is C18H19ClF3NO3. The maximum atomic E-state index is 13.5. The zero-order valence-corrected chi connectivity index (χ0v) is 15.2. The number of H-pyrrole nitrogens is 1. The van der Waals surface area contributed by atoms with Crippen molar-refractivity contribution in [3.63, 3.8) is 0 Å². The van der Waals surface area contributed by atoms with E-state index in [2.05, 4.69) is 4.98 Å². The summed E-state index contributed by atoms with van der Waals surface area (Å²) in [5.41, 5.74) is 0.216. The van der Waals surface area contributed by atoms with Crippen LogP contribution in [0.3, 0.4) is 0 Å². The number of nitrogens with one attached hydrogen (secondary N) is 1. The van der Waals surface area contributed by atoms with Crippen LogP contribution in [0, 0.1) is 0 Å². The third-order valence-corrected chi connectivity index (χ3v) is 4.86. The predicted octanol–water partition coefficient (Wildman–Crippen LogP) is 5.32. The summed E-state index contributed by atoms with van der Waals surface area (Å²) in [5.74, 6) is -1.98. The van der Waals surface area contributed by atoms with Gasteiger partial charge in [0.25, 0.3) is 5.79 Å². The van der Waals surface area contributed by atoms with Crippen molar-refractivity contribution in [2.24, 2.45) is 0 Å². The Morgan fingerprint density at radius 3 is 2.77 bits per heavy atom. The number of aromatic nitrogens is 1. The summed E-state index contributed by atoms with van der Waals surface area (Å²) in [6.07, 6.45) is -2.40. The lowest BCUT2D eigenvalue weighted by molar-refractivity contribution is -0.248. The van der Waals surface area contributed by atoms with E-state index in [4.69, 9.17) is 21.1 Å². The van der Waals surface area contributed by atoms with E-state index in [1.807, 2.05) is 6.92 Å². The lowest BCUT2D eigenvalue weighted by Gasteiger charge is -2.36. The minimum Gasteiger partial charge on any atom is -0.427 e. The van der Waals surface area contributed by atoms with Gasteiger partial charge in [-0.3, -0.25) is 4.79 Å². The van der Waals surface area contributed by atoms with Gasteiger partial charge in [-0.2, -0.15) is 13.2 Å². The van der Waals surface area contributed by atoms with Crippen LogP contribution in [0.1, 0.15) is 49.9 Å². The van der Waals surface area contributed by atoms with Gasteiger partial charge in [-0.25, -0.2) is 0 Å². The molecule has 0 saturated heterocycles. The topological polar surface area (TPSA) is 51.3 Å². The molecule has 4 nitrogen and oxygen atoms in total. The predicted molar refractivity (Wildman–Crippen MR) is 90.9 cm³/mol. The maximum absolute atomic E-state index is 13.5. The molecule has 142 valence electrons. The van der Waals surface area contributed by atoms with E-state index in [1.54, 1.807) is 0 Å². The standard InChI is InChI=1S/C18H19ClF3NO3/c1-3-4-8-17(26-10(2)24)16-11(7-9-25-17)14-12(18(20,21)22)5-6-13(19)15(14)23-16/h5-6,23H,3-4,7-9H2,1-2H3. The number of halogens is 4. The molecule has 0 bridgehead atoms. The van der Waals surface area contributed by atoms with Crippen LogP contribution < -0.4 is 0 Å². The van der Waals surface area contributed by atoms with Gasteiger partial charge in [0.2, 0.25) is 0 Å². The first kappa shape index (κ1) is 19.0. The molecule has 0 aliphatic carbocycles. The Bertz CT molecular complexity index is 846. The second-order valence-electron chi connectivity index (χ2n) is 6.37. The van der Waals surface area contributed by atoms with Gasteiger partial charge in [-0.05, 0) is 30.5 Å². The number of esters is 1. The highest BCUT2D eigenvalue weighted by molar-refractivity contribution is 6.35. The van der Waals surface area contributed by atoms with E-state index in [0.29, 0.717) is 24.1 Å². The Morgan fingerprint density at radius 1 is 1.42 bits per heavy atom. The molecule has 0 saturated carbocycles. The van der Waals surface area contributed by atoms with Gasteiger partial charge < -0.3 is 14.5 Å². The Morgan fingerprint density at radius 2 is 2.15 bits per heavy atom. The van der Waals surface area contributed by atoms with Gasteiger partial charge in [0.05, 0.1) is 28.4 Å². The van der Waals surface area contributed by atoms with Gasteiger partial charge in [-0.1, -0.05) is 24.9 Å². The van der Waals surface area contributed by atoms with Crippen molar-refractivity contribution < 1.29 is 27.4 Å². The first-order valence-electron chi connectivity index (χ1n) is 8.44. The number of unbranched alkanes of at least 4 members (excludes halogenated alkanes) is 1. The van der Waals surface area contributed by atoms with Gasteiger partial charge in [0.1, 0.15) is 0 Å². The van der Waals surface area contributed by atoms with E-state index in [9.17, 15) is 18.0 Å². The SMILES string of the molecule is CCCCC1(OC(C)=O)OCCc2c1[nH]c1c(Cl)ccc(C(F)(F)F)c21. The number of rotatable bonds is 4. The number of benzene rings is 1. The quantitative estimate of drug-likeness (QED) is 0.720. The maximum Gasteiger partial charge on any atom is 0.417 e. The number of ether oxygens (including phenoxy) is 2. The highest BCUT2D eigenvalue weighted by Gasteiger charge is 2.45. The van der Waals surface area contributed by atoms with Crippen LogP contribution in [-0.4, -0.2) is 17.6 Å². The van der Waals surface area contributed by atoms with E-state index in [-0.39, 0.29) is 29.0 Å². The lowest BCUT2D eigenvalue weighted by atomic mass is 9.94. The summed E-state index contributed by atoms with van der Waals surface area (Å²) in [4.78, 5) is 14.6. The van der Waals surface area contributed by atoms with Gasteiger partial charge in [0, 0.05) is 18.7 Å². The average molecular weight is 390 g/mol. The second kappa shape index (κ2) is 6.78. The van der Waals surface area contributed by atoms with Crippen LogP contribution in [-0.2, 0) is 32.7 Å². The number of hydrogen-bond acceptors (Lipinski definition) is 3. The number of fused-ring (bicyclic) bond motifs is 3. The molecule has 2 heterocycles. The summed E-state index contributed by atoms with van der Waals surface area (Å²) in [6.45, 7) is 3.37. The molecule has 2 aromatic rings. The number of carbonyl (C=O) groups is 1. The second-order valence-corrected chi connectivity index (χ2v) is 6.78. The minimum atomic E-state index is -4.52. The van der Waals surface area contributed by atoms with Crippen LogP contribution in [0.4, 0.5) is 13.2 Å². The van der Waals surface area contributed by atoms with Crippen molar-refractivity contribution in [2.45, 2.75) is 51.5 Å². The van der Waals surface area contributed by atoms with E-state index in [0.717, 1.165) is 12.5 Å². The van der Waals surface area contributed by atoms with Gasteiger partial charge >= 0.3 is 12.1 Å². The molecule has 3 rings (SSSR count). The monoisotopic (exact) mass is 389 g/mol. The van der Waals surface area contributed by atoms with Crippen molar-refractivity contribution in [1.29, 1.82) is 0 Å². The first-order valence-corrected chi connectivity index (χ1v) is 8.81. The molecule has 8 heteroatoms. The largest absolute Gasteiger partial charge is 0.427 e. The van der Waals surface area contributed by atoms with Crippen LogP contribution in [0.15, 0.2) is 12.1 Å². The first-order chi connectivity index (χ1) is 12.2. The number of hydrogen-bond donors (Lipinski definition) is 1. The van der Waals surface area contributed by atoms with Gasteiger partial charge in [0.15, 0.2) is 0 Å². The molecule has 0 amide bonds. The van der Waals surface area contributed by atoms with Crippen LogP contribution in [0.2, 0.25) is 5.02 Å². The van der Waals surface area contributed by atoms with E-state index in [1.165, 1.54) is 13.0 Å². The van der Waals surface area contributed by atoms with Crippen LogP contribution in [0.25, 0.3) is 10.9 Å². The van der Waals surface area contributed by atoms with Crippen molar-refractivity contribution in [3.05, 3.63) is 34.0 Å².